The molecule has 2 nitrogen and oxygen atoms in total. The van der Waals surface area contributed by atoms with Crippen LogP contribution in [0.1, 0.15) is 41.6 Å². The third kappa shape index (κ3) is 3.91. The smallest absolute Gasteiger partial charge is 0.0338 e. The maximum atomic E-state index is 4.32. The normalized spacial score (nSPS) is 12.3. The third-order valence-corrected chi connectivity index (χ3v) is 3.71. The van der Waals surface area contributed by atoms with Gasteiger partial charge in [0.15, 0.2) is 0 Å². The molecule has 106 valence electrons. The molecular weight excluding hydrogens is 244 g/mol. The second kappa shape index (κ2) is 7.20. The van der Waals surface area contributed by atoms with E-state index < -0.39 is 0 Å². The van der Waals surface area contributed by atoms with Gasteiger partial charge >= 0.3 is 0 Å². The number of aromatic nitrogens is 1. The van der Waals surface area contributed by atoms with Gasteiger partial charge in [0.2, 0.25) is 0 Å². The molecule has 1 atom stereocenters. The van der Waals surface area contributed by atoms with Gasteiger partial charge in [-0.05, 0) is 55.5 Å². The van der Waals surface area contributed by atoms with Crippen LogP contribution in [0.15, 0.2) is 42.7 Å². The Labute approximate surface area is 122 Å². The van der Waals surface area contributed by atoms with E-state index in [2.05, 4.69) is 61.4 Å². The molecule has 1 aromatic heterocycles. The first-order valence-electron chi connectivity index (χ1n) is 7.40. The van der Waals surface area contributed by atoms with Crippen molar-refractivity contribution in [1.82, 2.24) is 10.3 Å². The quantitative estimate of drug-likeness (QED) is 0.857. The van der Waals surface area contributed by atoms with E-state index in [0.29, 0.717) is 6.04 Å². The SMILES string of the molecule is CCNC(CCc1ccccc1C)c1cncc(C)c1. The van der Waals surface area contributed by atoms with E-state index in [9.17, 15) is 0 Å². The predicted octanol–water partition coefficient (Wildman–Crippen LogP) is 3.98. The molecule has 0 amide bonds. The lowest BCUT2D eigenvalue weighted by molar-refractivity contribution is 0.513. The van der Waals surface area contributed by atoms with E-state index in [-0.39, 0.29) is 0 Å². The Bertz CT molecular complexity index is 549. The van der Waals surface area contributed by atoms with E-state index >= 15 is 0 Å². The molecule has 1 heterocycles. The van der Waals surface area contributed by atoms with Crippen molar-refractivity contribution < 1.29 is 0 Å². The van der Waals surface area contributed by atoms with Gasteiger partial charge in [0.25, 0.3) is 0 Å². The van der Waals surface area contributed by atoms with Crippen LogP contribution in [0.2, 0.25) is 0 Å². The molecule has 0 aliphatic heterocycles. The first-order chi connectivity index (χ1) is 9.70. The van der Waals surface area contributed by atoms with E-state index in [1.54, 1.807) is 0 Å². The minimum Gasteiger partial charge on any atom is -0.310 e. The average Bonchev–Trinajstić information content (AvgIpc) is 2.45. The van der Waals surface area contributed by atoms with Gasteiger partial charge in [-0.3, -0.25) is 4.98 Å². The number of rotatable bonds is 6. The van der Waals surface area contributed by atoms with E-state index in [1.807, 2.05) is 12.4 Å². The van der Waals surface area contributed by atoms with Gasteiger partial charge in [-0.1, -0.05) is 37.3 Å². The highest BCUT2D eigenvalue weighted by Gasteiger charge is 2.11. The summed E-state index contributed by atoms with van der Waals surface area (Å²) in [4.78, 5) is 4.32. The highest BCUT2D eigenvalue weighted by molar-refractivity contribution is 5.26. The number of benzene rings is 1. The fraction of sp³-hybridized carbons (Fsp3) is 0.389. The minimum atomic E-state index is 0.381. The van der Waals surface area contributed by atoms with Crippen molar-refractivity contribution >= 4 is 0 Å². The zero-order valence-electron chi connectivity index (χ0n) is 12.7. The fourth-order valence-corrected chi connectivity index (χ4v) is 2.59. The Morgan fingerprint density at radius 3 is 2.65 bits per heavy atom. The molecule has 0 saturated carbocycles. The minimum absolute atomic E-state index is 0.381. The van der Waals surface area contributed by atoms with Crippen molar-refractivity contribution in [2.45, 2.75) is 39.7 Å². The summed E-state index contributed by atoms with van der Waals surface area (Å²) in [5.41, 5.74) is 5.34. The zero-order valence-corrected chi connectivity index (χ0v) is 12.7. The van der Waals surface area contributed by atoms with Gasteiger partial charge in [0.1, 0.15) is 0 Å². The molecule has 0 saturated heterocycles. The summed E-state index contributed by atoms with van der Waals surface area (Å²) in [6.07, 6.45) is 6.09. The Morgan fingerprint density at radius 1 is 1.15 bits per heavy atom. The van der Waals surface area contributed by atoms with Crippen LogP contribution in [0.5, 0.6) is 0 Å². The monoisotopic (exact) mass is 268 g/mol. The van der Waals surface area contributed by atoms with Crippen LogP contribution < -0.4 is 5.32 Å². The van der Waals surface area contributed by atoms with Crippen LogP contribution in [0.25, 0.3) is 0 Å². The summed E-state index contributed by atoms with van der Waals surface area (Å²) in [6.45, 7) is 7.42. The van der Waals surface area contributed by atoms with Crippen LogP contribution in [0, 0.1) is 13.8 Å². The van der Waals surface area contributed by atoms with Gasteiger partial charge in [-0.15, -0.1) is 0 Å². The number of hydrogen-bond donors (Lipinski definition) is 1. The lowest BCUT2D eigenvalue weighted by atomic mass is 9.97. The molecule has 0 aliphatic rings. The fourth-order valence-electron chi connectivity index (χ4n) is 2.59. The number of pyridine rings is 1. The molecule has 0 radical (unpaired) electrons. The van der Waals surface area contributed by atoms with Gasteiger partial charge in [0, 0.05) is 18.4 Å². The van der Waals surface area contributed by atoms with Crippen LogP contribution in [-0.2, 0) is 6.42 Å². The van der Waals surface area contributed by atoms with Gasteiger partial charge in [-0.25, -0.2) is 0 Å². The molecule has 0 spiro atoms. The van der Waals surface area contributed by atoms with Crippen LogP contribution >= 0.6 is 0 Å². The highest BCUT2D eigenvalue weighted by Crippen LogP contribution is 2.20. The highest BCUT2D eigenvalue weighted by atomic mass is 14.9. The predicted molar refractivity (Wildman–Crippen MR) is 84.9 cm³/mol. The van der Waals surface area contributed by atoms with Crippen LogP contribution in [-0.4, -0.2) is 11.5 Å². The van der Waals surface area contributed by atoms with E-state index in [0.717, 1.165) is 19.4 Å². The number of nitrogens with one attached hydrogen (secondary N) is 1. The summed E-state index contributed by atoms with van der Waals surface area (Å²) in [5, 5.41) is 3.58. The Balaban J connectivity index is 2.08. The summed E-state index contributed by atoms with van der Waals surface area (Å²) >= 11 is 0. The molecule has 2 aromatic rings. The second-order valence-corrected chi connectivity index (χ2v) is 5.37. The number of aryl methyl sites for hydroxylation is 3. The lowest BCUT2D eigenvalue weighted by Crippen LogP contribution is -2.21. The molecule has 1 aromatic carbocycles. The first kappa shape index (κ1) is 14.7. The van der Waals surface area contributed by atoms with Crippen molar-refractivity contribution in [2.24, 2.45) is 0 Å². The Kier molecular flexibility index (Phi) is 5.31. The summed E-state index contributed by atoms with van der Waals surface area (Å²) in [7, 11) is 0. The molecule has 1 unspecified atom stereocenters. The maximum Gasteiger partial charge on any atom is 0.0338 e. The zero-order chi connectivity index (χ0) is 14.4. The molecular formula is C18H24N2. The van der Waals surface area contributed by atoms with Crippen LogP contribution in [0.4, 0.5) is 0 Å². The average molecular weight is 268 g/mol. The van der Waals surface area contributed by atoms with Gasteiger partial charge in [-0.2, -0.15) is 0 Å². The number of nitrogens with zero attached hydrogens (tertiary/aromatic N) is 1. The summed E-state index contributed by atoms with van der Waals surface area (Å²) in [5.74, 6) is 0. The van der Waals surface area contributed by atoms with Crippen molar-refractivity contribution in [1.29, 1.82) is 0 Å². The second-order valence-electron chi connectivity index (χ2n) is 5.37. The largest absolute Gasteiger partial charge is 0.310 e. The maximum absolute atomic E-state index is 4.32. The number of hydrogen-bond acceptors (Lipinski definition) is 2. The van der Waals surface area contributed by atoms with Crippen LogP contribution in [0.3, 0.4) is 0 Å². The molecule has 2 rings (SSSR count). The van der Waals surface area contributed by atoms with Crippen molar-refractivity contribution in [3.8, 4) is 0 Å². The Hall–Kier alpha value is -1.67. The van der Waals surface area contributed by atoms with Gasteiger partial charge < -0.3 is 5.32 Å². The Morgan fingerprint density at radius 2 is 1.95 bits per heavy atom. The molecule has 0 aliphatic carbocycles. The molecule has 1 N–H and O–H groups in total. The summed E-state index contributed by atoms with van der Waals surface area (Å²) in [6, 6.07) is 11.3. The van der Waals surface area contributed by atoms with Crippen molar-refractivity contribution in [3.63, 3.8) is 0 Å². The lowest BCUT2D eigenvalue weighted by Gasteiger charge is -2.19. The summed E-state index contributed by atoms with van der Waals surface area (Å²) < 4.78 is 0. The van der Waals surface area contributed by atoms with E-state index in [4.69, 9.17) is 0 Å². The molecule has 0 fully saturated rings. The van der Waals surface area contributed by atoms with Crippen molar-refractivity contribution in [2.75, 3.05) is 6.54 Å². The molecule has 20 heavy (non-hydrogen) atoms. The third-order valence-electron chi connectivity index (χ3n) is 3.71. The van der Waals surface area contributed by atoms with E-state index in [1.165, 1.54) is 22.3 Å². The standard InChI is InChI=1S/C18H24N2/c1-4-20-18(17-11-14(2)12-19-13-17)10-9-16-8-6-5-7-15(16)3/h5-8,11-13,18,20H,4,9-10H2,1-3H3. The molecule has 0 bridgehead atoms. The van der Waals surface area contributed by atoms with Crippen molar-refractivity contribution in [3.05, 3.63) is 65.0 Å². The first-order valence-corrected chi connectivity index (χ1v) is 7.40. The molecule has 2 heteroatoms. The van der Waals surface area contributed by atoms with Gasteiger partial charge in [0.05, 0.1) is 0 Å². The topological polar surface area (TPSA) is 24.9 Å².